The van der Waals surface area contributed by atoms with Gasteiger partial charge in [-0.3, -0.25) is 4.79 Å². The van der Waals surface area contributed by atoms with Crippen molar-refractivity contribution < 1.29 is 4.79 Å². The average Bonchev–Trinajstić information content (AvgIpc) is 2.73. The second-order valence-electron chi connectivity index (χ2n) is 5.51. The smallest absolute Gasteiger partial charge is 0.248 e. The molecule has 1 aliphatic heterocycles. The van der Waals surface area contributed by atoms with Gasteiger partial charge in [-0.25, -0.2) is 4.99 Å². The highest BCUT2D eigenvalue weighted by molar-refractivity contribution is 8.14. The van der Waals surface area contributed by atoms with Crippen molar-refractivity contribution in [3.05, 3.63) is 41.1 Å². The van der Waals surface area contributed by atoms with Gasteiger partial charge in [-0.2, -0.15) is 0 Å². The summed E-state index contributed by atoms with van der Waals surface area (Å²) >= 11 is 1.73. The lowest BCUT2D eigenvalue weighted by Crippen LogP contribution is -2.17. The van der Waals surface area contributed by atoms with Crippen LogP contribution in [0.1, 0.15) is 29.8 Å². The second-order valence-corrected chi connectivity index (χ2v) is 6.45. The fraction of sp³-hybridized carbons (Fsp3) is 0.375. The first-order valence-electron chi connectivity index (χ1n) is 6.95. The van der Waals surface area contributed by atoms with E-state index in [0.29, 0.717) is 11.5 Å². The van der Waals surface area contributed by atoms with Crippen molar-refractivity contribution in [3.8, 4) is 0 Å². The van der Waals surface area contributed by atoms with Crippen molar-refractivity contribution in [1.82, 2.24) is 4.90 Å². The Morgan fingerprint density at radius 3 is 2.76 bits per heavy atom. The molecule has 4 nitrogen and oxygen atoms in total. The number of hydrogen-bond donors (Lipinski definition) is 1. The lowest BCUT2D eigenvalue weighted by molar-refractivity contribution is 0.1000. The molecule has 0 aliphatic carbocycles. The van der Waals surface area contributed by atoms with E-state index in [1.165, 1.54) is 5.70 Å². The Morgan fingerprint density at radius 1 is 1.48 bits per heavy atom. The van der Waals surface area contributed by atoms with Crippen LogP contribution in [0.15, 0.2) is 35.0 Å². The second kappa shape index (κ2) is 6.35. The first-order valence-corrected chi connectivity index (χ1v) is 7.93. The van der Waals surface area contributed by atoms with Gasteiger partial charge >= 0.3 is 0 Å². The molecule has 2 N–H and O–H groups in total. The molecule has 21 heavy (non-hydrogen) atoms. The Labute approximate surface area is 130 Å². The molecule has 1 saturated heterocycles. The number of carbonyl (C=O) groups is 1. The van der Waals surface area contributed by atoms with Crippen molar-refractivity contribution >= 4 is 28.5 Å². The molecule has 1 aromatic carbocycles. The van der Waals surface area contributed by atoms with E-state index in [1.807, 2.05) is 20.0 Å². The summed E-state index contributed by atoms with van der Waals surface area (Å²) in [5.74, 6) is 1.07. The molecule has 1 aromatic rings. The number of aryl methyl sites for hydroxylation is 1. The molecule has 1 fully saturated rings. The average molecular weight is 303 g/mol. The highest BCUT2D eigenvalue weighted by Crippen LogP contribution is 2.30. The topological polar surface area (TPSA) is 58.7 Å². The van der Waals surface area contributed by atoms with E-state index in [-0.39, 0.29) is 0 Å². The van der Waals surface area contributed by atoms with Crippen molar-refractivity contribution in [2.45, 2.75) is 20.8 Å². The summed E-state index contributed by atoms with van der Waals surface area (Å²) in [5, 5.41) is 0.983. The molecule has 1 amide bonds. The molecule has 1 heterocycles. The third-order valence-corrected chi connectivity index (χ3v) is 4.35. The number of carbonyl (C=O) groups excluding carboxylic acids is 1. The monoisotopic (exact) mass is 303 g/mol. The molecule has 112 valence electrons. The van der Waals surface area contributed by atoms with Gasteiger partial charge in [0.05, 0.1) is 5.69 Å². The molecule has 0 aromatic heterocycles. The van der Waals surface area contributed by atoms with Crippen LogP contribution in [0.5, 0.6) is 0 Å². The van der Waals surface area contributed by atoms with E-state index in [9.17, 15) is 4.79 Å². The van der Waals surface area contributed by atoms with Crippen LogP contribution in [0, 0.1) is 12.8 Å². The van der Waals surface area contributed by atoms with Gasteiger partial charge in [0.25, 0.3) is 0 Å². The number of benzene rings is 1. The van der Waals surface area contributed by atoms with Crippen LogP contribution in [-0.2, 0) is 0 Å². The highest BCUT2D eigenvalue weighted by atomic mass is 32.2. The van der Waals surface area contributed by atoms with Crippen LogP contribution < -0.4 is 5.73 Å². The van der Waals surface area contributed by atoms with Crippen molar-refractivity contribution in [1.29, 1.82) is 0 Å². The van der Waals surface area contributed by atoms with Crippen molar-refractivity contribution in [3.63, 3.8) is 0 Å². The molecule has 1 aliphatic rings. The lowest BCUT2D eigenvalue weighted by Gasteiger charge is -2.14. The van der Waals surface area contributed by atoms with Gasteiger partial charge in [0.2, 0.25) is 5.91 Å². The van der Waals surface area contributed by atoms with Crippen LogP contribution in [0.2, 0.25) is 0 Å². The molecule has 5 heteroatoms. The summed E-state index contributed by atoms with van der Waals surface area (Å²) in [6.07, 6.45) is 2.26. The van der Waals surface area contributed by atoms with Crippen LogP contribution in [0.25, 0.3) is 0 Å². The Bertz CT molecular complexity index is 620. The predicted octanol–water partition coefficient (Wildman–Crippen LogP) is 3.30. The number of primary amides is 1. The van der Waals surface area contributed by atoms with Crippen LogP contribution >= 0.6 is 11.8 Å². The van der Waals surface area contributed by atoms with E-state index < -0.39 is 5.91 Å². The Balaban J connectivity index is 2.27. The minimum absolute atomic E-state index is 0.410. The molecule has 0 bridgehead atoms. The molecular formula is C16H21N3OS. The highest BCUT2D eigenvalue weighted by Gasteiger charge is 2.21. The summed E-state index contributed by atoms with van der Waals surface area (Å²) < 4.78 is 0. The standard InChI is InChI=1S/C16H21N3OS/c1-10(2)7-13-9-21-16(19(13)4)18-14-6-5-12(15(17)20)8-11(14)3/h5-8,10H,9H2,1-4H3,(H2,17,20)/b13-7+,18-16?. The Morgan fingerprint density at radius 2 is 2.19 bits per heavy atom. The van der Waals surface area contributed by atoms with Gasteiger partial charge in [-0.1, -0.05) is 31.7 Å². The zero-order valence-electron chi connectivity index (χ0n) is 12.9. The molecule has 0 spiro atoms. The fourth-order valence-electron chi connectivity index (χ4n) is 2.14. The minimum atomic E-state index is -0.410. The Kier molecular flexibility index (Phi) is 4.73. The summed E-state index contributed by atoms with van der Waals surface area (Å²) in [6, 6.07) is 5.35. The lowest BCUT2D eigenvalue weighted by atomic mass is 10.1. The number of thioether (sulfide) groups is 1. The first kappa shape index (κ1) is 15.6. The van der Waals surface area contributed by atoms with Crippen molar-refractivity contribution in [2.24, 2.45) is 16.6 Å². The van der Waals surface area contributed by atoms with E-state index in [4.69, 9.17) is 10.7 Å². The third-order valence-electron chi connectivity index (χ3n) is 3.29. The van der Waals surface area contributed by atoms with Crippen molar-refractivity contribution in [2.75, 3.05) is 12.8 Å². The fourth-order valence-corrected chi connectivity index (χ4v) is 3.18. The molecule has 0 saturated carbocycles. The molecule has 0 radical (unpaired) electrons. The van der Waals surface area contributed by atoms with Crippen LogP contribution in [0.3, 0.4) is 0 Å². The summed E-state index contributed by atoms with van der Waals surface area (Å²) in [5.41, 5.74) is 8.93. The first-order chi connectivity index (χ1) is 9.88. The maximum absolute atomic E-state index is 11.2. The minimum Gasteiger partial charge on any atom is -0.366 e. The van der Waals surface area contributed by atoms with Gasteiger partial charge < -0.3 is 10.6 Å². The normalized spacial score (nSPS) is 19.0. The number of hydrogen-bond acceptors (Lipinski definition) is 3. The number of aliphatic imine (C=N–C) groups is 1. The van der Waals surface area contributed by atoms with E-state index in [2.05, 4.69) is 24.8 Å². The molecule has 0 atom stereocenters. The summed E-state index contributed by atoms with van der Waals surface area (Å²) in [4.78, 5) is 18.0. The maximum atomic E-state index is 11.2. The maximum Gasteiger partial charge on any atom is 0.248 e. The Hall–Kier alpha value is -1.75. The largest absolute Gasteiger partial charge is 0.366 e. The number of nitrogens with two attached hydrogens (primary N) is 1. The van der Waals surface area contributed by atoms with Crippen LogP contribution in [-0.4, -0.2) is 28.8 Å². The third kappa shape index (κ3) is 3.67. The zero-order valence-corrected chi connectivity index (χ0v) is 13.7. The summed E-state index contributed by atoms with van der Waals surface area (Å²) in [6.45, 7) is 6.29. The van der Waals surface area contributed by atoms with E-state index in [0.717, 1.165) is 22.2 Å². The van der Waals surface area contributed by atoms with Gasteiger partial charge in [0, 0.05) is 24.1 Å². The zero-order chi connectivity index (χ0) is 15.6. The number of amidine groups is 1. The molecule has 2 rings (SSSR count). The summed E-state index contributed by atoms with van der Waals surface area (Å²) in [7, 11) is 2.04. The van der Waals surface area contributed by atoms with Crippen LogP contribution in [0.4, 0.5) is 5.69 Å². The van der Waals surface area contributed by atoms with Gasteiger partial charge in [-0.05, 0) is 36.6 Å². The number of nitrogens with zero attached hydrogens (tertiary/aromatic N) is 2. The van der Waals surface area contributed by atoms with Gasteiger partial charge in [0.15, 0.2) is 5.17 Å². The number of rotatable bonds is 3. The van der Waals surface area contributed by atoms with Gasteiger partial charge in [0.1, 0.15) is 0 Å². The SMILES string of the molecule is Cc1cc(C(N)=O)ccc1N=C1SC/C(=C\C(C)C)N1C. The molecule has 0 unspecified atom stereocenters. The number of allylic oxidation sites excluding steroid dienone is 1. The van der Waals surface area contributed by atoms with E-state index in [1.54, 1.807) is 23.9 Å². The van der Waals surface area contributed by atoms with Gasteiger partial charge in [-0.15, -0.1) is 0 Å². The molecular weight excluding hydrogens is 282 g/mol. The predicted molar refractivity (Wildman–Crippen MR) is 89.9 cm³/mol. The number of amides is 1. The quantitative estimate of drug-likeness (QED) is 0.932. The van der Waals surface area contributed by atoms with E-state index >= 15 is 0 Å².